The Morgan fingerprint density at radius 3 is 2.20 bits per heavy atom. The molecule has 6 heteroatoms. The Labute approximate surface area is 172 Å². The number of carboxylic acid groups (broad SMARTS) is 1. The number of aryl methyl sites for hydroxylation is 1. The maximum absolute atomic E-state index is 13.4. The number of carbonyl (C=O) groups is 2. The largest absolute Gasteiger partial charge is 0.478 e. The number of hydrogen-bond donors (Lipinski definition) is 1. The van der Waals surface area contributed by atoms with Crippen LogP contribution in [0.25, 0.3) is 6.08 Å². The first-order valence-corrected chi connectivity index (χ1v) is 9.23. The Morgan fingerprint density at radius 2 is 1.60 bits per heavy atom. The summed E-state index contributed by atoms with van der Waals surface area (Å²) in [7, 11) is 0. The number of benzene rings is 3. The zero-order chi connectivity index (χ0) is 21.3. The molecule has 5 nitrogen and oxygen atoms in total. The van der Waals surface area contributed by atoms with E-state index in [9.17, 15) is 14.0 Å². The summed E-state index contributed by atoms with van der Waals surface area (Å²) in [4.78, 5) is 30.2. The van der Waals surface area contributed by atoms with E-state index in [0.29, 0.717) is 17.1 Å². The van der Waals surface area contributed by atoms with E-state index in [2.05, 4.69) is 4.99 Å². The zero-order valence-electron chi connectivity index (χ0n) is 16.0. The second kappa shape index (κ2) is 7.75. The lowest BCUT2D eigenvalue weighted by Crippen LogP contribution is -2.32. The Hall–Kier alpha value is -4.06. The molecule has 0 unspecified atom stereocenters. The molecule has 0 atom stereocenters. The first kappa shape index (κ1) is 19.3. The lowest BCUT2D eigenvalue weighted by atomic mass is 10.1. The SMILES string of the molecule is Cc1ccc(C2=N/C(=C/c3ccc(C(=O)O)cc3)C(=O)N2c2ccc(F)cc2)cc1. The van der Waals surface area contributed by atoms with Crippen molar-refractivity contribution in [2.75, 3.05) is 4.90 Å². The fourth-order valence-corrected chi connectivity index (χ4v) is 3.12. The number of hydrogen-bond acceptors (Lipinski definition) is 3. The zero-order valence-corrected chi connectivity index (χ0v) is 16.0. The van der Waals surface area contributed by atoms with E-state index < -0.39 is 11.8 Å². The quantitative estimate of drug-likeness (QED) is 0.647. The van der Waals surface area contributed by atoms with E-state index in [1.807, 2.05) is 31.2 Å². The highest BCUT2D eigenvalue weighted by Gasteiger charge is 2.32. The normalized spacial score (nSPS) is 14.9. The molecule has 0 saturated heterocycles. The molecule has 148 valence electrons. The fraction of sp³-hybridized carbons (Fsp3) is 0.0417. The molecule has 0 spiro atoms. The third kappa shape index (κ3) is 3.75. The van der Waals surface area contributed by atoms with Crippen LogP contribution < -0.4 is 4.90 Å². The third-order valence-corrected chi connectivity index (χ3v) is 4.72. The van der Waals surface area contributed by atoms with Gasteiger partial charge in [0.25, 0.3) is 5.91 Å². The second-order valence-corrected chi connectivity index (χ2v) is 6.88. The molecule has 0 saturated carbocycles. The van der Waals surface area contributed by atoms with Crippen molar-refractivity contribution in [1.29, 1.82) is 0 Å². The minimum atomic E-state index is -1.02. The summed E-state index contributed by atoms with van der Waals surface area (Å²) < 4.78 is 13.4. The fourth-order valence-electron chi connectivity index (χ4n) is 3.12. The lowest BCUT2D eigenvalue weighted by Gasteiger charge is -2.18. The molecule has 1 heterocycles. The van der Waals surface area contributed by atoms with Crippen molar-refractivity contribution in [1.82, 2.24) is 0 Å². The maximum atomic E-state index is 13.4. The first-order valence-electron chi connectivity index (χ1n) is 9.23. The molecule has 3 aromatic rings. The molecule has 1 aliphatic heterocycles. The maximum Gasteiger partial charge on any atom is 0.335 e. The summed E-state index contributed by atoms with van der Waals surface area (Å²) in [5.74, 6) is -1.32. The van der Waals surface area contributed by atoms with Crippen molar-refractivity contribution in [3.8, 4) is 0 Å². The second-order valence-electron chi connectivity index (χ2n) is 6.88. The van der Waals surface area contributed by atoms with Crippen molar-refractivity contribution >= 4 is 29.5 Å². The smallest absolute Gasteiger partial charge is 0.335 e. The highest BCUT2D eigenvalue weighted by Crippen LogP contribution is 2.28. The van der Waals surface area contributed by atoms with Crippen molar-refractivity contribution < 1.29 is 19.1 Å². The molecule has 30 heavy (non-hydrogen) atoms. The van der Waals surface area contributed by atoms with E-state index in [0.717, 1.165) is 11.1 Å². The number of nitrogens with zero attached hydrogens (tertiary/aromatic N) is 2. The predicted octanol–water partition coefficient (Wildman–Crippen LogP) is 4.67. The average Bonchev–Trinajstić information content (AvgIpc) is 3.06. The van der Waals surface area contributed by atoms with E-state index in [1.54, 1.807) is 18.2 Å². The first-order chi connectivity index (χ1) is 14.4. The van der Waals surface area contributed by atoms with Crippen molar-refractivity contribution in [2.24, 2.45) is 4.99 Å². The monoisotopic (exact) mass is 400 g/mol. The molecule has 0 radical (unpaired) electrons. The summed E-state index contributed by atoms with van der Waals surface area (Å²) in [6.07, 6.45) is 1.60. The minimum absolute atomic E-state index is 0.159. The van der Waals surface area contributed by atoms with Gasteiger partial charge in [0.1, 0.15) is 17.3 Å². The van der Waals surface area contributed by atoms with Gasteiger partial charge >= 0.3 is 5.97 Å². The van der Waals surface area contributed by atoms with Gasteiger partial charge in [0, 0.05) is 5.56 Å². The number of amidine groups is 1. The van der Waals surface area contributed by atoms with Crippen molar-refractivity contribution in [3.05, 3.63) is 107 Å². The van der Waals surface area contributed by atoms with Gasteiger partial charge in [-0.05, 0) is 55.0 Å². The van der Waals surface area contributed by atoms with Gasteiger partial charge in [-0.1, -0.05) is 42.0 Å². The van der Waals surface area contributed by atoms with Crippen LogP contribution in [0.2, 0.25) is 0 Å². The minimum Gasteiger partial charge on any atom is -0.478 e. The van der Waals surface area contributed by atoms with E-state index in [1.165, 1.54) is 41.3 Å². The Kier molecular flexibility index (Phi) is 4.98. The molecule has 1 N–H and O–H groups in total. The highest BCUT2D eigenvalue weighted by molar-refractivity contribution is 6.33. The topological polar surface area (TPSA) is 70.0 Å². The van der Waals surface area contributed by atoms with Crippen LogP contribution >= 0.6 is 0 Å². The molecular weight excluding hydrogens is 383 g/mol. The van der Waals surface area contributed by atoms with E-state index in [4.69, 9.17) is 5.11 Å². The lowest BCUT2D eigenvalue weighted by molar-refractivity contribution is -0.113. The van der Waals surface area contributed by atoms with E-state index >= 15 is 0 Å². The van der Waals surface area contributed by atoms with Gasteiger partial charge in [0.2, 0.25) is 0 Å². The molecule has 0 aromatic heterocycles. The van der Waals surface area contributed by atoms with Crippen LogP contribution in [0.3, 0.4) is 0 Å². The van der Waals surface area contributed by atoms with Gasteiger partial charge in [-0.3, -0.25) is 9.69 Å². The van der Waals surface area contributed by atoms with Crippen LogP contribution in [-0.2, 0) is 4.79 Å². The highest BCUT2D eigenvalue weighted by atomic mass is 19.1. The Bertz CT molecular complexity index is 1180. The summed E-state index contributed by atoms with van der Waals surface area (Å²) in [5, 5.41) is 9.04. The standard InChI is InChI=1S/C24H17FN2O3/c1-15-2-6-17(7-3-15)22-26-21(14-16-4-8-18(9-5-16)24(29)30)23(28)27(22)20-12-10-19(25)11-13-20/h2-14H,1H3,(H,29,30)/b21-14+. The number of carboxylic acids is 1. The van der Waals surface area contributed by atoms with Crippen molar-refractivity contribution in [3.63, 3.8) is 0 Å². The molecular formula is C24H17FN2O3. The van der Waals surface area contributed by atoms with Crippen molar-refractivity contribution in [2.45, 2.75) is 6.92 Å². The number of aromatic carboxylic acids is 1. The van der Waals surface area contributed by atoms with Crippen LogP contribution in [0.4, 0.5) is 10.1 Å². The van der Waals surface area contributed by atoms with Crippen LogP contribution in [0, 0.1) is 12.7 Å². The summed E-state index contributed by atoms with van der Waals surface area (Å²) >= 11 is 0. The number of rotatable bonds is 4. The molecule has 0 aliphatic carbocycles. The molecule has 0 bridgehead atoms. The Balaban J connectivity index is 1.78. The molecule has 1 amide bonds. The Morgan fingerprint density at radius 1 is 0.967 bits per heavy atom. The average molecular weight is 400 g/mol. The summed E-state index contributed by atoms with van der Waals surface area (Å²) in [6.45, 7) is 1.97. The molecule has 0 fully saturated rings. The van der Waals surface area contributed by atoms with E-state index in [-0.39, 0.29) is 17.2 Å². The predicted molar refractivity (Wildman–Crippen MR) is 113 cm³/mol. The summed E-state index contributed by atoms with van der Waals surface area (Å²) in [5.41, 5.74) is 3.35. The summed E-state index contributed by atoms with van der Waals surface area (Å²) in [6, 6.07) is 19.4. The van der Waals surface area contributed by atoms with Gasteiger partial charge in [0.15, 0.2) is 0 Å². The number of anilines is 1. The number of amides is 1. The van der Waals surface area contributed by atoms with Crippen LogP contribution in [-0.4, -0.2) is 22.8 Å². The van der Waals surface area contributed by atoms with Gasteiger partial charge in [-0.2, -0.15) is 0 Å². The number of aliphatic imine (C=N–C) groups is 1. The van der Waals surface area contributed by atoms with Gasteiger partial charge in [-0.15, -0.1) is 0 Å². The van der Waals surface area contributed by atoms with Crippen LogP contribution in [0.5, 0.6) is 0 Å². The van der Waals surface area contributed by atoms with Gasteiger partial charge in [-0.25, -0.2) is 14.2 Å². The van der Waals surface area contributed by atoms with Crippen LogP contribution in [0.15, 0.2) is 83.5 Å². The van der Waals surface area contributed by atoms with Gasteiger partial charge in [0.05, 0.1) is 11.3 Å². The van der Waals surface area contributed by atoms with Gasteiger partial charge < -0.3 is 5.11 Å². The third-order valence-electron chi connectivity index (χ3n) is 4.72. The van der Waals surface area contributed by atoms with Crippen LogP contribution in [0.1, 0.15) is 27.0 Å². The number of halogens is 1. The number of carbonyl (C=O) groups excluding carboxylic acids is 1. The molecule has 1 aliphatic rings. The molecule has 4 rings (SSSR count). The molecule has 3 aromatic carbocycles.